The first-order valence-electron chi connectivity index (χ1n) is 18.2. The van der Waals surface area contributed by atoms with Crippen LogP contribution in [0, 0.1) is 22.7 Å². The summed E-state index contributed by atoms with van der Waals surface area (Å²) in [6, 6.07) is 63.0. The predicted molar refractivity (Wildman–Crippen MR) is 223 cm³/mol. The minimum atomic E-state index is 0.573. The molecule has 0 atom stereocenters. The van der Waals surface area contributed by atoms with Crippen LogP contribution in [0.2, 0.25) is 0 Å². The molecule has 0 aliphatic carbocycles. The monoisotopic (exact) mass is 700 g/mol. The molecule has 0 N–H and O–H groups in total. The van der Waals surface area contributed by atoms with Gasteiger partial charge in [0.25, 0.3) is 0 Å². The van der Waals surface area contributed by atoms with E-state index < -0.39 is 0 Å². The summed E-state index contributed by atoms with van der Waals surface area (Å²) in [5.41, 5.74) is 12.6. The molecule has 3 heterocycles. The smallest absolute Gasteiger partial charge is 0.145 e. The molecule has 3 aromatic heterocycles. The van der Waals surface area contributed by atoms with Crippen molar-refractivity contribution >= 4 is 65.6 Å². The van der Waals surface area contributed by atoms with Crippen LogP contribution in [0.3, 0.4) is 0 Å². The van der Waals surface area contributed by atoms with Crippen LogP contribution in [0.1, 0.15) is 11.1 Å². The summed E-state index contributed by atoms with van der Waals surface area (Å²) in [6.45, 7) is 0. The molecule has 0 saturated heterocycles. The van der Waals surface area contributed by atoms with Crippen LogP contribution in [-0.4, -0.2) is 9.13 Å². The summed E-state index contributed by atoms with van der Waals surface area (Å²) < 4.78 is 11.3. The Morgan fingerprint density at radius 2 is 0.982 bits per heavy atom. The lowest BCUT2D eigenvalue weighted by Gasteiger charge is -2.17. The van der Waals surface area contributed by atoms with Crippen molar-refractivity contribution in [2.24, 2.45) is 0 Å². The highest BCUT2D eigenvalue weighted by Gasteiger charge is 2.21. The summed E-state index contributed by atoms with van der Waals surface area (Å²) in [5.74, 6) is 0. The quantitative estimate of drug-likeness (QED) is 0.183. The fourth-order valence-electron chi connectivity index (χ4n) is 8.60. The largest absolute Gasteiger partial charge is 0.455 e. The third-order valence-electron chi connectivity index (χ3n) is 11.0. The summed E-state index contributed by atoms with van der Waals surface area (Å²) in [5, 5.41) is 27.0. The zero-order chi connectivity index (χ0) is 36.6. The van der Waals surface area contributed by atoms with Gasteiger partial charge in [-0.1, -0.05) is 103 Å². The minimum Gasteiger partial charge on any atom is -0.455 e. The third kappa shape index (κ3) is 4.51. The van der Waals surface area contributed by atoms with Gasteiger partial charge in [-0.3, -0.25) is 0 Å². The van der Waals surface area contributed by atoms with Crippen molar-refractivity contribution in [2.45, 2.75) is 0 Å². The highest BCUT2D eigenvalue weighted by molar-refractivity contribution is 6.24. The van der Waals surface area contributed by atoms with Crippen molar-refractivity contribution < 1.29 is 4.42 Å². The van der Waals surface area contributed by atoms with Crippen LogP contribution in [0.25, 0.3) is 99.2 Å². The van der Waals surface area contributed by atoms with Crippen molar-refractivity contribution in [1.82, 2.24) is 9.13 Å². The van der Waals surface area contributed by atoms with Gasteiger partial charge in [-0.2, -0.15) is 10.5 Å². The van der Waals surface area contributed by atoms with E-state index in [2.05, 4.69) is 137 Å². The van der Waals surface area contributed by atoms with E-state index in [0.717, 1.165) is 88.4 Å². The molecule has 0 unspecified atom stereocenters. The molecule has 8 aromatic carbocycles. The lowest BCUT2D eigenvalue weighted by atomic mass is 9.91. The Bertz CT molecular complexity index is 3400. The molecule has 0 fully saturated rings. The van der Waals surface area contributed by atoms with Gasteiger partial charge in [0.05, 0.1) is 44.6 Å². The predicted octanol–water partition coefficient (Wildman–Crippen LogP) is 12.9. The lowest BCUT2D eigenvalue weighted by Crippen LogP contribution is -2.01. The van der Waals surface area contributed by atoms with Gasteiger partial charge in [-0.25, -0.2) is 0 Å². The first kappa shape index (κ1) is 30.7. The summed E-state index contributed by atoms with van der Waals surface area (Å²) in [4.78, 5) is 0. The molecular formula is C50H28N4O. The highest BCUT2D eigenvalue weighted by atomic mass is 16.3. The lowest BCUT2D eigenvalue weighted by molar-refractivity contribution is 0.673. The van der Waals surface area contributed by atoms with Crippen molar-refractivity contribution in [3.8, 4) is 45.8 Å². The van der Waals surface area contributed by atoms with E-state index in [1.54, 1.807) is 12.1 Å². The van der Waals surface area contributed by atoms with E-state index in [-0.39, 0.29) is 0 Å². The molecule has 5 heteroatoms. The zero-order valence-corrected chi connectivity index (χ0v) is 29.4. The number of para-hydroxylation sites is 4. The van der Waals surface area contributed by atoms with E-state index in [1.807, 2.05) is 42.5 Å². The zero-order valence-electron chi connectivity index (χ0n) is 29.4. The van der Waals surface area contributed by atoms with Crippen LogP contribution in [0.4, 0.5) is 0 Å². The molecular weight excluding hydrogens is 673 g/mol. The Hall–Kier alpha value is -7.86. The molecule has 254 valence electrons. The van der Waals surface area contributed by atoms with E-state index in [0.29, 0.717) is 11.1 Å². The van der Waals surface area contributed by atoms with Gasteiger partial charge in [0, 0.05) is 49.4 Å². The average Bonchev–Trinajstić information content (AvgIpc) is 3.91. The van der Waals surface area contributed by atoms with E-state index in [1.165, 1.54) is 10.8 Å². The Balaban J connectivity index is 1.25. The van der Waals surface area contributed by atoms with Crippen LogP contribution >= 0.6 is 0 Å². The first-order valence-corrected chi connectivity index (χ1v) is 18.2. The highest BCUT2D eigenvalue weighted by Crippen LogP contribution is 2.43. The van der Waals surface area contributed by atoms with E-state index >= 15 is 0 Å². The van der Waals surface area contributed by atoms with Gasteiger partial charge in [-0.05, 0) is 77.9 Å². The molecule has 0 spiro atoms. The number of nitrogens with zero attached hydrogens (tertiary/aromatic N) is 4. The van der Waals surface area contributed by atoms with Gasteiger partial charge >= 0.3 is 0 Å². The number of furan rings is 1. The second-order valence-electron chi connectivity index (χ2n) is 13.9. The fraction of sp³-hybridized carbons (Fsp3) is 0. The average molecular weight is 701 g/mol. The van der Waals surface area contributed by atoms with E-state index in [4.69, 9.17) is 4.42 Å². The number of fused-ring (bicyclic) bond motifs is 10. The van der Waals surface area contributed by atoms with E-state index in [9.17, 15) is 10.5 Å². The fourth-order valence-corrected chi connectivity index (χ4v) is 8.60. The summed E-state index contributed by atoms with van der Waals surface area (Å²) in [6.07, 6.45) is 0. The molecule has 0 aliphatic rings. The molecule has 0 amide bonds. The van der Waals surface area contributed by atoms with Crippen LogP contribution < -0.4 is 0 Å². The molecule has 11 rings (SSSR count). The van der Waals surface area contributed by atoms with Gasteiger partial charge in [0.1, 0.15) is 17.2 Å². The Labute approximate surface area is 315 Å². The molecule has 0 saturated carbocycles. The van der Waals surface area contributed by atoms with Gasteiger partial charge < -0.3 is 13.6 Å². The van der Waals surface area contributed by atoms with Gasteiger partial charge in [0.2, 0.25) is 0 Å². The summed E-state index contributed by atoms with van der Waals surface area (Å²) >= 11 is 0. The van der Waals surface area contributed by atoms with Crippen LogP contribution in [0.15, 0.2) is 174 Å². The Morgan fingerprint density at radius 1 is 0.418 bits per heavy atom. The minimum absolute atomic E-state index is 0.573. The molecule has 0 aliphatic heterocycles. The number of rotatable bonds is 4. The topological polar surface area (TPSA) is 70.6 Å². The second kappa shape index (κ2) is 11.8. The molecule has 0 radical (unpaired) electrons. The van der Waals surface area contributed by atoms with Crippen LogP contribution in [-0.2, 0) is 0 Å². The number of benzene rings is 8. The van der Waals surface area contributed by atoms with Crippen molar-refractivity contribution in [2.75, 3.05) is 0 Å². The Kier molecular flexibility index (Phi) is 6.61. The summed E-state index contributed by atoms with van der Waals surface area (Å²) in [7, 11) is 0. The number of hydrogen-bond donors (Lipinski definition) is 0. The first-order chi connectivity index (χ1) is 27.2. The normalized spacial score (nSPS) is 11.6. The Morgan fingerprint density at radius 3 is 1.64 bits per heavy atom. The maximum absolute atomic E-state index is 10.8. The van der Waals surface area contributed by atoms with Gasteiger partial charge in [0.15, 0.2) is 0 Å². The number of nitriles is 2. The molecule has 0 bridgehead atoms. The van der Waals surface area contributed by atoms with Crippen molar-refractivity contribution in [3.63, 3.8) is 0 Å². The van der Waals surface area contributed by atoms with Gasteiger partial charge in [-0.15, -0.1) is 0 Å². The maximum atomic E-state index is 10.8. The standard InChI is InChI=1S/C50H28N4O/c51-29-31-20-22-32(23-21-31)36-14-9-15-37(43(36)30-52)33-26-34(53-44-16-5-1-10-38(44)39-11-2-6-17-45(39)53)28-35(27-33)54-46-18-7-3-13-42(46)49-47(54)25-24-41-40-12-4-8-19-48(40)55-50(41)49/h1-28H. The number of hydrogen-bond acceptors (Lipinski definition) is 3. The molecule has 55 heavy (non-hydrogen) atoms. The molecule has 11 aromatic rings. The van der Waals surface area contributed by atoms with Crippen molar-refractivity contribution in [1.29, 1.82) is 10.5 Å². The third-order valence-corrected chi connectivity index (χ3v) is 11.0. The maximum Gasteiger partial charge on any atom is 0.145 e. The van der Waals surface area contributed by atoms with Crippen molar-refractivity contribution in [3.05, 3.63) is 181 Å². The SMILES string of the molecule is N#Cc1ccc(-c2cccc(-c3cc(-n4c5ccccc5c5ccccc54)cc(-n4c5ccccc5c5c6oc7ccccc7c6ccc54)c3)c2C#N)cc1. The second-order valence-corrected chi connectivity index (χ2v) is 13.9. The number of aromatic nitrogens is 2. The van der Waals surface area contributed by atoms with Crippen LogP contribution in [0.5, 0.6) is 0 Å². The molecule has 5 nitrogen and oxygen atoms in total.